The minimum atomic E-state index is -0.615. The molecule has 16 heavy (non-hydrogen) atoms. The van der Waals surface area contributed by atoms with Gasteiger partial charge in [-0.05, 0) is 52.6 Å². The molecule has 94 valence electrons. The van der Waals surface area contributed by atoms with E-state index in [2.05, 4.69) is 25.7 Å². The fourth-order valence-electron chi connectivity index (χ4n) is 2.61. The number of nitrogens with zero attached hydrogens (tertiary/aromatic N) is 1. The normalized spacial score (nSPS) is 22.4. The lowest BCUT2D eigenvalue weighted by Crippen LogP contribution is -2.52. The molecule has 0 amide bonds. The SMILES string of the molecule is CC(C)C1(C(=O)O)CCN(C(C)(C)C)CC1. The first kappa shape index (κ1) is 13.5. The Bertz CT molecular complexity index is 258. The van der Waals surface area contributed by atoms with Gasteiger partial charge in [-0.3, -0.25) is 9.69 Å². The van der Waals surface area contributed by atoms with E-state index in [0.717, 1.165) is 25.9 Å². The Morgan fingerprint density at radius 2 is 1.69 bits per heavy atom. The van der Waals surface area contributed by atoms with Gasteiger partial charge in [0.25, 0.3) is 0 Å². The molecule has 1 saturated heterocycles. The molecular formula is C13H25NO2. The molecule has 0 aromatic heterocycles. The lowest BCUT2D eigenvalue weighted by molar-refractivity contribution is -0.156. The summed E-state index contributed by atoms with van der Waals surface area (Å²) in [6, 6.07) is 0. The lowest BCUT2D eigenvalue weighted by Gasteiger charge is -2.46. The topological polar surface area (TPSA) is 40.5 Å². The summed E-state index contributed by atoms with van der Waals surface area (Å²) in [5.41, 5.74) is -0.344. The van der Waals surface area contributed by atoms with Crippen molar-refractivity contribution in [1.29, 1.82) is 0 Å². The van der Waals surface area contributed by atoms with E-state index in [0.29, 0.717) is 0 Å². The van der Waals surface area contributed by atoms with Crippen molar-refractivity contribution in [3.63, 3.8) is 0 Å². The Kier molecular flexibility index (Phi) is 3.68. The molecule has 1 N–H and O–H groups in total. The highest BCUT2D eigenvalue weighted by molar-refractivity contribution is 5.75. The van der Waals surface area contributed by atoms with Crippen LogP contribution in [0.4, 0.5) is 0 Å². The van der Waals surface area contributed by atoms with E-state index in [1.807, 2.05) is 13.8 Å². The summed E-state index contributed by atoms with van der Waals surface area (Å²) in [4.78, 5) is 13.8. The molecule has 0 aromatic rings. The Morgan fingerprint density at radius 1 is 1.25 bits per heavy atom. The molecule has 0 aromatic carbocycles. The highest BCUT2D eigenvalue weighted by atomic mass is 16.4. The van der Waals surface area contributed by atoms with Gasteiger partial charge >= 0.3 is 5.97 Å². The molecule has 0 saturated carbocycles. The van der Waals surface area contributed by atoms with Crippen LogP contribution in [-0.2, 0) is 4.79 Å². The van der Waals surface area contributed by atoms with Crippen LogP contribution in [0.15, 0.2) is 0 Å². The first-order valence-electron chi connectivity index (χ1n) is 6.18. The van der Waals surface area contributed by atoms with Gasteiger partial charge in [-0.1, -0.05) is 13.8 Å². The molecular weight excluding hydrogens is 202 g/mol. The Balaban J connectivity index is 2.75. The highest BCUT2D eigenvalue weighted by Crippen LogP contribution is 2.40. The van der Waals surface area contributed by atoms with Crippen molar-refractivity contribution < 1.29 is 9.90 Å². The number of hydrogen-bond donors (Lipinski definition) is 1. The van der Waals surface area contributed by atoms with E-state index in [9.17, 15) is 9.90 Å². The fraction of sp³-hybridized carbons (Fsp3) is 0.923. The minimum absolute atomic E-state index is 0.154. The third kappa shape index (κ3) is 2.40. The molecule has 1 heterocycles. The Labute approximate surface area is 98.8 Å². The summed E-state index contributed by atoms with van der Waals surface area (Å²) in [5.74, 6) is -0.400. The summed E-state index contributed by atoms with van der Waals surface area (Å²) in [7, 11) is 0. The second kappa shape index (κ2) is 4.36. The van der Waals surface area contributed by atoms with Crippen molar-refractivity contribution >= 4 is 5.97 Å². The second-order valence-corrected chi connectivity index (χ2v) is 6.27. The average molecular weight is 227 g/mol. The van der Waals surface area contributed by atoms with Crippen molar-refractivity contribution in [3.8, 4) is 0 Å². The Morgan fingerprint density at radius 3 is 1.94 bits per heavy atom. The number of carboxylic acids is 1. The number of rotatable bonds is 2. The van der Waals surface area contributed by atoms with Crippen molar-refractivity contribution in [2.75, 3.05) is 13.1 Å². The summed E-state index contributed by atoms with van der Waals surface area (Å²) in [6.45, 7) is 12.4. The summed E-state index contributed by atoms with van der Waals surface area (Å²) < 4.78 is 0. The molecule has 0 aliphatic carbocycles. The summed E-state index contributed by atoms with van der Waals surface area (Å²) >= 11 is 0. The van der Waals surface area contributed by atoms with Crippen LogP contribution < -0.4 is 0 Å². The maximum absolute atomic E-state index is 11.5. The number of carboxylic acid groups (broad SMARTS) is 1. The standard InChI is InChI=1S/C13H25NO2/c1-10(2)13(11(15)16)6-8-14(9-7-13)12(3,4)5/h10H,6-9H2,1-5H3,(H,15,16). The van der Waals surface area contributed by atoms with E-state index in [4.69, 9.17) is 0 Å². The van der Waals surface area contributed by atoms with Gasteiger partial charge < -0.3 is 5.11 Å². The third-order valence-electron chi connectivity index (χ3n) is 4.14. The molecule has 1 fully saturated rings. The van der Waals surface area contributed by atoms with E-state index in [1.54, 1.807) is 0 Å². The number of hydrogen-bond acceptors (Lipinski definition) is 2. The third-order valence-corrected chi connectivity index (χ3v) is 4.14. The van der Waals surface area contributed by atoms with Crippen LogP contribution in [0.3, 0.4) is 0 Å². The molecule has 1 rings (SSSR count). The van der Waals surface area contributed by atoms with Crippen LogP contribution in [0.1, 0.15) is 47.5 Å². The first-order valence-corrected chi connectivity index (χ1v) is 6.18. The quantitative estimate of drug-likeness (QED) is 0.788. The van der Waals surface area contributed by atoms with Gasteiger partial charge in [0.05, 0.1) is 5.41 Å². The maximum Gasteiger partial charge on any atom is 0.309 e. The molecule has 0 bridgehead atoms. The van der Waals surface area contributed by atoms with Gasteiger partial charge in [0, 0.05) is 5.54 Å². The van der Waals surface area contributed by atoms with Gasteiger partial charge in [0.1, 0.15) is 0 Å². The number of likely N-dealkylation sites (tertiary alicyclic amines) is 1. The summed E-state index contributed by atoms with van der Waals surface area (Å²) in [6.07, 6.45) is 1.55. The van der Waals surface area contributed by atoms with Gasteiger partial charge in [-0.15, -0.1) is 0 Å². The van der Waals surface area contributed by atoms with E-state index < -0.39 is 11.4 Å². The predicted octanol–water partition coefficient (Wildman–Crippen LogP) is 2.61. The van der Waals surface area contributed by atoms with E-state index >= 15 is 0 Å². The minimum Gasteiger partial charge on any atom is -0.481 e. The molecule has 0 radical (unpaired) electrons. The van der Waals surface area contributed by atoms with Crippen LogP contribution in [0.2, 0.25) is 0 Å². The van der Waals surface area contributed by atoms with Gasteiger partial charge in [0.2, 0.25) is 0 Å². The van der Waals surface area contributed by atoms with Gasteiger partial charge in [-0.25, -0.2) is 0 Å². The van der Waals surface area contributed by atoms with Crippen molar-refractivity contribution in [3.05, 3.63) is 0 Å². The maximum atomic E-state index is 11.5. The zero-order valence-corrected chi connectivity index (χ0v) is 11.2. The zero-order valence-electron chi connectivity index (χ0n) is 11.2. The number of aliphatic carboxylic acids is 1. The molecule has 3 heteroatoms. The molecule has 3 nitrogen and oxygen atoms in total. The fourth-order valence-corrected chi connectivity index (χ4v) is 2.61. The summed E-state index contributed by atoms with van der Waals surface area (Å²) in [5, 5.41) is 9.43. The lowest BCUT2D eigenvalue weighted by atomic mass is 9.69. The van der Waals surface area contributed by atoms with Crippen LogP contribution >= 0.6 is 0 Å². The monoisotopic (exact) mass is 227 g/mol. The largest absolute Gasteiger partial charge is 0.481 e. The van der Waals surface area contributed by atoms with Crippen molar-refractivity contribution in [1.82, 2.24) is 4.90 Å². The number of carbonyl (C=O) groups is 1. The second-order valence-electron chi connectivity index (χ2n) is 6.27. The van der Waals surface area contributed by atoms with Gasteiger partial charge in [-0.2, -0.15) is 0 Å². The predicted molar refractivity (Wildman–Crippen MR) is 65.5 cm³/mol. The smallest absolute Gasteiger partial charge is 0.309 e. The van der Waals surface area contributed by atoms with Crippen molar-refractivity contribution in [2.24, 2.45) is 11.3 Å². The van der Waals surface area contributed by atoms with E-state index in [-0.39, 0.29) is 11.5 Å². The molecule has 0 spiro atoms. The molecule has 0 atom stereocenters. The Hall–Kier alpha value is -0.570. The van der Waals surface area contributed by atoms with Gasteiger partial charge in [0.15, 0.2) is 0 Å². The van der Waals surface area contributed by atoms with Crippen LogP contribution in [0.5, 0.6) is 0 Å². The average Bonchev–Trinajstić information content (AvgIpc) is 2.15. The molecule has 1 aliphatic rings. The molecule has 0 unspecified atom stereocenters. The first-order chi connectivity index (χ1) is 7.20. The van der Waals surface area contributed by atoms with Crippen LogP contribution in [-0.4, -0.2) is 34.6 Å². The van der Waals surface area contributed by atoms with Crippen molar-refractivity contribution in [2.45, 2.75) is 53.0 Å². The number of piperidine rings is 1. The molecule has 1 aliphatic heterocycles. The van der Waals surface area contributed by atoms with Crippen LogP contribution in [0, 0.1) is 11.3 Å². The zero-order chi connectivity index (χ0) is 12.6. The highest BCUT2D eigenvalue weighted by Gasteiger charge is 2.45. The van der Waals surface area contributed by atoms with E-state index in [1.165, 1.54) is 0 Å². The van der Waals surface area contributed by atoms with Crippen LogP contribution in [0.25, 0.3) is 0 Å².